The summed E-state index contributed by atoms with van der Waals surface area (Å²) in [7, 11) is 0. The van der Waals surface area contributed by atoms with Crippen LogP contribution in [0.1, 0.15) is 24.0 Å². The van der Waals surface area contributed by atoms with Crippen LogP contribution < -0.4 is 10.6 Å². The number of benzene rings is 1. The summed E-state index contributed by atoms with van der Waals surface area (Å²) in [5.41, 5.74) is 8.27. The molecule has 0 spiro atoms. The molecule has 2 amide bonds. The number of anilines is 1. The summed E-state index contributed by atoms with van der Waals surface area (Å²) in [6.07, 6.45) is 1.19. The van der Waals surface area contributed by atoms with Crippen molar-refractivity contribution in [2.45, 2.75) is 25.8 Å². The fourth-order valence-corrected chi connectivity index (χ4v) is 2.30. The van der Waals surface area contributed by atoms with Gasteiger partial charge in [-0.15, -0.1) is 11.6 Å². The largest absolute Gasteiger partial charge is 0.326 e. The lowest BCUT2D eigenvalue weighted by Gasteiger charge is -2.28. The van der Waals surface area contributed by atoms with Crippen molar-refractivity contribution >= 4 is 29.1 Å². The molecule has 1 aliphatic rings. The van der Waals surface area contributed by atoms with Gasteiger partial charge in [0.25, 0.3) is 0 Å². The summed E-state index contributed by atoms with van der Waals surface area (Å²) in [6, 6.07) is 5.60. The molecule has 5 heteroatoms. The van der Waals surface area contributed by atoms with Crippen LogP contribution in [0.5, 0.6) is 0 Å². The summed E-state index contributed by atoms with van der Waals surface area (Å²) in [5.74, 6) is -0.173. The Morgan fingerprint density at radius 2 is 2.17 bits per heavy atom. The number of hydrogen-bond donors (Lipinski definition) is 1. The van der Waals surface area contributed by atoms with E-state index in [1.165, 1.54) is 4.90 Å². The van der Waals surface area contributed by atoms with Crippen LogP contribution >= 0.6 is 11.6 Å². The van der Waals surface area contributed by atoms with Gasteiger partial charge in [-0.05, 0) is 23.6 Å². The molecule has 2 rings (SSSR count). The van der Waals surface area contributed by atoms with Crippen LogP contribution in [-0.4, -0.2) is 17.7 Å². The Bertz CT molecular complexity index is 488. The highest BCUT2D eigenvalue weighted by Crippen LogP contribution is 2.29. The number of imide groups is 1. The molecule has 0 unspecified atom stereocenters. The summed E-state index contributed by atoms with van der Waals surface area (Å²) in [6.45, 7) is 0.455. The smallest absolute Gasteiger partial charge is 0.234 e. The number of hydrogen-bond acceptors (Lipinski definition) is 3. The minimum atomic E-state index is -0.239. The van der Waals surface area contributed by atoms with Crippen molar-refractivity contribution in [3.8, 4) is 0 Å². The Morgan fingerprint density at radius 1 is 1.39 bits per heavy atom. The molecule has 18 heavy (non-hydrogen) atoms. The minimum Gasteiger partial charge on any atom is -0.326 e. The molecule has 0 aromatic heterocycles. The first-order valence-electron chi connectivity index (χ1n) is 5.91. The number of alkyl halides is 1. The molecule has 0 saturated carbocycles. The first-order valence-corrected chi connectivity index (χ1v) is 6.44. The van der Waals surface area contributed by atoms with E-state index in [1.807, 2.05) is 12.1 Å². The van der Waals surface area contributed by atoms with Gasteiger partial charge in [-0.1, -0.05) is 12.1 Å². The number of halogens is 1. The van der Waals surface area contributed by atoms with Crippen LogP contribution in [0, 0.1) is 0 Å². The third-order valence-corrected chi connectivity index (χ3v) is 3.22. The van der Waals surface area contributed by atoms with E-state index in [2.05, 4.69) is 0 Å². The maximum Gasteiger partial charge on any atom is 0.234 e. The zero-order chi connectivity index (χ0) is 13.1. The maximum atomic E-state index is 11.9. The Hall–Kier alpha value is -1.39. The molecule has 0 saturated heterocycles. The van der Waals surface area contributed by atoms with E-state index in [0.717, 1.165) is 11.1 Å². The first-order chi connectivity index (χ1) is 8.67. The second kappa shape index (κ2) is 5.50. The molecule has 4 nitrogen and oxygen atoms in total. The average Bonchev–Trinajstić information content (AvgIpc) is 2.38. The highest BCUT2D eigenvalue weighted by molar-refractivity contribution is 6.22. The number of nitrogens with zero attached hydrogens (tertiary/aromatic N) is 1. The number of rotatable bonds is 3. The van der Waals surface area contributed by atoms with Crippen LogP contribution in [0.25, 0.3) is 0 Å². The van der Waals surface area contributed by atoms with Crippen LogP contribution in [0.4, 0.5) is 5.69 Å². The molecular weight excluding hydrogens is 252 g/mol. The molecule has 1 aromatic carbocycles. The van der Waals surface area contributed by atoms with E-state index in [4.69, 9.17) is 17.3 Å². The molecule has 0 radical (unpaired) electrons. The number of fused-ring (bicyclic) bond motifs is 1. The van der Waals surface area contributed by atoms with E-state index in [1.54, 1.807) is 6.07 Å². The molecule has 1 aliphatic heterocycles. The molecule has 96 valence electrons. The summed E-state index contributed by atoms with van der Waals surface area (Å²) >= 11 is 5.56. The topological polar surface area (TPSA) is 63.4 Å². The predicted octanol–water partition coefficient (Wildman–Crippen LogP) is 1.58. The Kier molecular flexibility index (Phi) is 3.99. The number of carbonyl (C=O) groups excluding carboxylic acids is 2. The third kappa shape index (κ3) is 2.40. The summed E-state index contributed by atoms with van der Waals surface area (Å²) in [5, 5.41) is 0. The van der Waals surface area contributed by atoms with Crippen molar-refractivity contribution in [2.24, 2.45) is 5.73 Å². The van der Waals surface area contributed by atoms with Crippen LogP contribution in [0.2, 0.25) is 0 Å². The number of nitrogens with two attached hydrogens (primary N) is 1. The van der Waals surface area contributed by atoms with Crippen molar-refractivity contribution in [3.63, 3.8) is 0 Å². The molecule has 1 heterocycles. The van der Waals surface area contributed by atoms with Crippen LogP contribution in [0.3, 0.4) is 0 Å². The monoisotopic (exact) mass is 266 g/mol. The Labute approximate surface area is 111 Å². The van der Waals surface area contributed by atoms with E-state index < -0.39 is 0 Å². The van der Waals surface area contributed by atoms with Gasteiger partial charge in [0.2, 0.25) is 11.8 Å². The fraction of sp³-hybridized carbons (Fsp3) is 0.385. The second-order valence-corrected chi connectivity index (χ2v) is 4.61. The van der Waals surface area contributed by atoms with Gasteiger partial charge in [-0.25, -0.2) is 0 Å². The van der Waals surface area contributed by atoms with E-state index in [0.29, 0.717) is 25.1 Å². The quantitative estimate of drug-likeness (QED) is 0.845. The number of amides is 2. The Balaban J connectivity index is 2.38. The van der Waals surface area contributed by atoms with Gasteiger partial charge in [0, 0.05) is 25.3 Å². The van der Waals surface area contributed by atoms with E-state index >= 15 is 0 Å². The van der Waals surface area contributed by atoms with Gasteiger partial charge < -0.3 is 5.73 Å². The molecule has 0 fully saturated rings. The molecule has 0 aliphatic carbocycles. The van der Waals surface area contributed by atoms with Crippen LogP contribution in [-0.2, 0) is 22.6 Å². The van der Waals surface area contributed by atoms with Gasteiger partial charge in [0.05, 0.1) is 5.69 Å². The van der Waals surface area contributed by atoms with E-state index in [9.17, 15) is 9.59 Å². The van der Waals surface area contributed by atoms with Gasteiger partial charge in [0.15, 0.2) is 0 Å². The molecule has 1 aromatic rings. The van der Waals surface area contributed by atoms with Crippen molar-refractivity contribution in [1.82, 2.24) is 0 Å². The first kappa shape index (κ1) is 13.1. The molecule has 0 bridgehead atoms. The van der Waals surface area contributed by atoms with E-state index in [-0.39, 0.29) is 24.1 Å². The summed E-state index contributed by atoms with van der Waals surface area (Å²) < 4.78 is 0. The lowest BCUT2D eigenvalue weighted by molar-refractivity contribution is -0.126. The zero-order valence-corrected chi connectivity index (χ0v) is 10.7. The van der Waals surface area contributed by atoms with Gasteiger partial charge in [-0.2, -0.15) is 0 Å². The number of carbonyl (C=O) groups is 2. The SMILES string of the molecule is NCc1ccc2c(c1)CCC(=O)N2C(=O)CCCl. The summed E-state index contributed by atoms with van der Waals surface area (Å²) in [4.78, 5) is 25.0. The fourth-order valence-electron chi connectivity index (χ4n) is 2.14. The normalized spacial score (nSPS) is 14.6. The third-order valence-electron chi connectivity index (χ3n) is 3.04. The lowest BCUT2D eigenvalue weighted by atomic mass is 9.98. The molecular formula is C13H15ClN2O2. The minimum absolute atomic E-state index is 0.155. The highest BCUT2D eigenvalue weighted by Gasteiger charge is 2.28. The van der Waals surface area contributed by atoms with Crippen molar-refractivity contribution in [2.75, 3.05) is 10.8 Å². The number of aryl methyl sites for hydroxylation is 1. The highest BCUT2D eigenvalue weighted by atomic mass is 35.5. The van der Waals surface area contributed by atoms with Crippen molar-refractivity contribution < 1.29 is 9.59 Å². The van der Waals surface area contributed by atoms with Crippen molar-refractivity contribution in [1.29, 1.82) is 0 Å². The van der Waals surface area contributed by atoms with Gasteiger partial charge in [0.1, 0.15) is 0 Å². The zero-order valence-electron chi connectivity index (χ0n) is 9.99. The standard InChI is InChI=1S/C13H15ClN2O2/c14-6-5-13(18)16-11-3-1-9(8-15)7-10(11)2-4-12(16)17/h1,3,7H,2,4-6,8,15H2. The average molecular weight is 267 g/mol. The molecule has 0 atom stereocenters. The maximum absolute atomic E-state index is 11.9. The van der Waals surface area contributed by atoms with Gasteiger partial charge >= 0.3 is 0 Å². The van der Waals surface area contributed by atoms with Crippen molar-refractivity contribution in [3.05, 3.63) is 29.3 Å². The Morgan fingerprint density at radius 3 is 2.83 bits per heavy atom. The second-order valence-electron chi connectivity index (χ2n) is 4.23. The lowest BCUT2D eigenvalue weighted by Crippen LogP contribution is -2.40. The van der Waals surface area contributed by atoms with Crippen LogP contribution in [0.15, 0.2) is 18.2 Å². The molecule has 2 N–H and O–H groups in total. The van der Waals surface area contributed by atoms with Gasteiger partial charge in [-0.3, -0.25) is 14.5 Å². The predicted molar refractivity (Wildman–Crippen MR) is 70.5 cm³/mol.